The van der Waals surface area contributed by atoms with E-state index >= 15 is 0 Å². The molecule has 0 aliphatic carbocycles. The van der Waals surface area contributed by atoms with Gasteiger partial charge in [0.1, 0.15) is 16.6 Å². The Morgan fingerprint density at radius 1 is 1.38 bits per heavy atom. The molecule has 0 radical (unpaired) electrons. The van der Waals surface area contributed by atoms with Gasteiger partial charge in [0.2, 0.25) is 0 Å². The van der Waals surface area contributed by atoms with E-state index in [1.165, 1.54) is 0 Å². The van der Waals surface area contributed by atoms with E-state index in [2.05, 4.69) is 17.2 Å². The number of nitrogens with two attached hydrogens (primary N) is 1. The van der Waals surface area contributed by atoms with Crippen molar-refractivity contribution < 1.29 is 4.74 Å². The average Bonchev–Trinajstić information content (AvgIpc) is 2.48. The fourth-order valence-corrected chi connectivity index (χ4v) is 1.97. The van der Waals surface area contributed by atoms with Crippen LogP contribution in [-0.4, -0.2) is 16.1 Å². The van der Waals surface area contributed by atoms with Gasteiger partial charge in [-0.05, 0) is 37.6 Å². The van der Waals surface area contributed by atoms with E-state index in [-0.39, 0.29) is 6.10 Å². The summed E-state index contributed by atoms with van der Waals surface area (Å²) in [4.78, 5) is 4.60. The predicted octanol–water partition coefficient (Wildman–Crippen LogP) is 3.64. The van der Waals surface area contributed by atoms with Gasteiger partial charge < -0.3 is 15.8 Å². The monoisotopic (exact) mass is 301 g/mol. The number of rotatable bonds is 6. The van der Waals surface area contributed by atoms with Gasteiger partial charge in [0.25, 0.3) is 0 Å². The van der Waals surface area contributed by atoms with Crippen molar-refractivity contribution in [3.8, 4) is 5.75 Å². The fourth-order valence-electron chi connectivity index (χ4n) is 1.80. The number of aromatic nitrogens is 1. The Balaban J connectivity index is 2.20. The molecular formula is C16H19N3OS. The molecule has 1 aromatic carbocycles. The third-order valence-electron chi connectivity index (χ3n) is 3.08. The van der Waals surface area contributed by atoms with Crippen LogP contribution in [0.5, 0.6) is 5.75 Å². The van der Waals surface area contributed by atoms with Crippen molar-refractivity contribution in [2.24, 2.45) is 5.73 Å². The number of ether oxygens (including phenoxy) is 1. The molecule has 1 aromatic heterocycles. The lowest BCUT2D eigenvalue weighted by Crippen LogP contribution is -2.13. The highest BCUT2D eigenvalue weighted by Gasteiger charge is 2.07. The van der Waals surface area contributed by atoms with Crippen molar-refractivity contribution in [3.63, 3.8) is 0 Å². The van der Waals surface area contributed by atoms with Crippen molar-refractivity contribution >= 4 is 28.7 Å². The zero-order chi connectivity index (χ0) is 15.2. The second kappa shape index (κ2) is 7.04. The maximum absolute atomic E-state index is 5.81. The number of nitrogens with zero attached hydrogens (tertiary/aromatic N) is 1. The van der Waals surface area contributed by atoms with Crippen LogP contribution in [0.4, 0.5) is 11.5 Å². The molecule has 0 amide bonds. The van der Waals surface area contributed by atoms with E-state index in [4.69, 9.17) is 22.7 Å². The third-order valence-corrected chi connectivity index (χ3v) is 3.30. The molecule has 110 valence electrons. The van der Waals surface area contributed by atoms with Crippen molar-refractivity contribution in [1.29, 1.82) is 0 Å². The fraction of sp³-hybridized carbons (Fsp3) is 0.250. The van der Waals surface area contributed by atoms with Crippen LogP contribution < -0.4 is 15.8 Å². The standard InChI is InChI=1S/C16H19N3OS/c1-3-11(2)20-13-7-4-6-12(10-13)19-16-14(15(17)21)8-5-9-18-16/h4-11H,3H2,1-2H3,(H2,17,21)(H,18,19). The highest BCUT2D eigenvalue weighted by molar-refractivity contribution is 7.80. The number of hydrogen-bond acceptors (Lipinski definition) is 4. The molecular weight excluding hydrogens is 282 g/mol. The highest BCUT2D eigenvalue weighted by Crippen LogP contribution is 2.23. The van der Waals surface area contributed by atoms with E-state index in [9.17, 15) is 0 Å². The number of benzene rings is 1. The summed E-state index contributed by atoms with van der Waals surface area (Å²) in [6.45, 7) is 4.14. The van der Waals surface area contributed by atoms with Gasteiger partial charge in [0.15, 0.2) is 0 Å². The number of hydrogen-bond donors (Lipinski definition) is 2. The first-order valence-corrected chi connectivity index (χ1v) is 7.29. The minimum atomic E-state index is 0.183. The molecule has 1 heterocycles. The summed E-state index contributed by atoms with van der Waals surface area (Å²) >= 11 is 5.04. The normalized spacial score (nSPS) is 11.7. The van der Waals surface area contributed by atoms with Crippen LogP contribution in [0.3, 0.4) is 0 Å². The van der Waals surface area contributed by atoms with Crippen LogP contribution in [0, 0.1) is 0 Å². The van der Waals surface area contributed by atoms with Crippen LogP contribution >= 0.6 is 12.2 Å². The van der Waals surface area contributed by atoms with Crippen molar-refractivity contribution in [2.45, 2.75) is 26.4 Å². The molecule has 0 saturated carbocycles. The predicted molar refractivity (Wildman–Crippen MR) is 90.2 cm³/mol. The van der Waals surface area contributed by atoms with Gasteiger partial charge in [-0.15, -0.1) is 0 Å². The van der Waals surface area contributed by atoms with Crippen molar-refractivity contribution in [3.05, 3.63) is 48.2 Å². The Labute approximate surface area is 130 Å². The molecule has 1 atom stereocenters. The summed E-state index contributed by atoms with van der Waals surface area (Å²) in [5.74, 6) is 1.47. The Bertz CT molecular complexity index is 630. The lowest BCUT2D eigenvalue weighted by atomic mass is 10.2. The molecule has 21 heavy (non-hydrogen) atoms. The van der Waals surface area contributed by atoms with Crippen LogP contribution in [0.25, 0.3) is 0 Å². The molecule has 2 rings (SSSR count). The topological polar surface area (TPSA) is 60.2 Å². The van der Waals surface area contributed by atoms with Crippen LogP contribution in [0.15, 0.2) is 42.6 Å². The van der Waals surface area contributed by atoms with E-state index < -0.39 is 0 Å². The molecule has 3 N–H and O–H groups in total. The SMILES string of the molecule is CCC(C)Oc1cccc(Nc2ncccc2C(N)=S)c1. The molecule has 5 heteroatoms. The largest absolute Gasteiger partial charge is 0.491 e. The summed E-state index contributed by atoms with van der Waals surface area (Å²) in [5.41, 5.74) is 7.31. The third kappa shape index (κ3) is 4.16. The molecule has 0 aliphatic heterocycles. The minimum Gasteiger partial charge on any atom is -0.491 e. The smallest absolute Gasteiger partial charge is 0.140 e. The zero-order valence-electron chi connectivity index (χ0n) is 12.2. The van der Waals surface area contributed by atoms with E-state index in [0.29, 0.717) is 10.8 Å². The summed E-state index contributed by atoms with van der Waals surface area (Å²) in [7, 11) is 0. The minimum absolute atomic E-state index is 0.183. The van der Waals surface area contributed by atoms with Gasteiger partial charge in [0.05, 0.1) is 11.7 Å². The van der Waals surface area contributed by atoms with E-state index in [1.807, 2.05) is 43.3 Å². The van der Waals surface area contributed by atoms with Crippen molar-refractivity contribution in [1.82, 2.24) is 4.98 Å². The van der Waals surface area contributed by atoms with Gasteiger partial charge >= 0.3 is 0 Å². The average molecular weight is 301 g/mol. The Morgan fingerprint density at radius 3 is 2.90 bits per heavy atom. The Kier molecular flexibility index (Phi) is 5.11. The van der Waals surface area contributed by atoms with Crippen LogP contribution in [0.2, 0.25) is 0 Å². The number of thiocarbonyl (C=S) groups is 1. The molecule has 2 aromatic rings. The molecule has 0 fully saturated rings. The Hall–Kier alpha value is -2.14. The first kappa shape index (κ1) is 15.3. The van der Waals surface area contributed by atoms with Gasteiger partial charge in [-0.2, -0.15) is 0 Å². The quantitative estimate of drug-likeness (QED) is 0.798. The highest BCUT2D eigenvalue weighted by atomic mass is 32.1. The van der Waals surface area contributed by atoms with Crippen molar-refractivity contribution in [2.75, 3.05) is 5.32 Å². The molecule has 0 aliphatic rings. The summed E-state index contributed by atoms with van der Waals surface area (Å²) in [6.07, 6.45) is 2.84. The molecule has 1 unspecified atom stereocenters. The second-order valence-corrected chi connectivity index (χ2v) is 5.19. The molecule has 4 nitrogen and oxygen atoms in total. The maximum atomic E-state index is 5.81. The summed E-state index contributed by atoms with van der Waals surface area (Å²) in [6, 6.07) is 11.4. The first-order valence-electron chi connectivity index (χ1n) is 6.88. The van der Waals surface area contributed by atoms with E-state index in [1.54, 1.807) is 6.20 Å². The van der Waals surface area contributed by atoms with Crippen LogP contribution in [-0.2, 0) is 0 Å². The Morgan fingerprint density at radius 2 is 2.19 bits per heavy atom. The first-order chi connectivity index (χ1) is 10.1. The number of nitrogens with one attached hydrogen (secondary N) is 1. The van der Waals surface area contributed by atoms with Gasteiger partial charge in [-0.3, -0.25) is 0 Å². The summed E-state index contributed by atoms with van der Waals surface area (Å²) in [5, 5.41) is 3.23. The molecule has 0 bridgehead atoms. The van der Waals surface area contributed by atoms with Gasteiger partial charge in [0, 0.05) is 18.0 Å². The zero-order valence-corrected chi connectivity index (χ0v) is 13.0. The van der Waals surface area contributed by atoms with Crippen LogP contribution in [0.1, 0.15) is 25.8 Å². The molecule has 0 spiro atoms. The molecule has 0 saturated heterocycles. The maximum Gasteiger partial charge on any atom is 0.140 e. The lowest BCUT2D eigenvalue weighted by Gasteiger charge is -2.14. The summed E-state index contributed by atoms with van der Waals surface area (Å²) < 4.78 is 5.81. The van der Waals surface area contributed by atoms with Gasteiger partial charge in [-0.25, -0.2) is 4.98 Å². The number of pyridine rings is 1. The lowest BCUT2D eigenvalue weighted by molar-refractivity contribution is 0.217. The second-order valence-electron chi connectivity index (χ2n) is 4.75. The van der Waals surface area contributed by atoms with Gasteiger partial charge in [-0.1, -0.05) is 25.2 Å². The van der Waals surface area contributed by atoms with E-state index in [0.717, 1.165) is 23.4 Å². The number of anilines is 2.